The first-order chi connectivity index (χ1) is 13.5. The molecule has 28 heavy (non-hydrogen) atoms. The topological polar surface area (TPSA) is 105 Å². The molecule has 0 aromatic heterocycles. The Bertz CT molecular complexity index is 1010. The molecule has 2 N–H and O–H groups in total. The van der Waals surface area contributed by atoms with Crippen LogP contribution in [-0.4, -0.2) is 39.6 Å². The van der Waals surface area contributed by atoms with Crippen LogP contribution in [-0.2, 0) is 19.4 Å². The van der Waals surface area contributed by atoms with Crippen LogP contribution in [0.2, 0.25) is 0 Å². The number of rotatable bonds is 6. The molecule has 148 valence electrons. The minimum Gasteiger partial charge on any atom is -0.465 e. The zero-order chi connectivity index (χ0) is 19.9. The van der Waals surface area contributed by atoms with Crippen molar-refractivity contribution < 1.29 is 27.4 Å². The third-order valence-electron chi connectivity index (χ3n) is 5.41. The molecule has 0 radical (unpaired) electrons. The molecule has 1 heterocycles. The molecular formula is C20H21NO6S. The predicted octanol–water partition coefficient (Wildman–Crippen LogP) is 1.86. The highest BCUT2D eigenvalue weighted by atomic mass is 32.2. The van der Waals surface area contributed by atoms with E-state index in [0.29, 0.717) is 17.1 Å². The van der Waals surface area contributed by atoms with Gasteiger partial charge in [-0.2, -0.15) is 0 Å². The summed E-state index contributed by atoms with van der Waals surface area (Å²) in [5.74, 6) is -0.114. The molecule has 7 nitrogen and oxygen atoms in total. The highest BCUT2D eigenvalue weighted by Crippen LogP contribution is 2.64. The summed E-state index contributed by atoms with van der Waals surface area (Å²) in [4.78, 5) is 13.0. The van der Waals surface area contributed by atoms with Gasteiger partial charge in [0.1, 0.15) is 5.41 Å². The van der Waals surface area contributed by atoms with E-state index >= 15 is 0 Å². The van der Waals surface area contributed by atoms with Gasteiger partial charge in [-0.1, -0.05) is 24.3 Å². The van der Waals surface area contributed by atoms with Crippen molar-refractivity contribution in [2.45, 2.75) is 23.0 Å². The Labute approximate surface area is 163 Å². The number of benzene rings is 2. The highest BCUT2D eigenvalue weighted by Gasteiger charge is 2.75. The summed E-state index contributed by atoms with van der Waals surface area (Å²) in [7, 11) is -3.81. The number of carbonyl (C=O) groups excluding carboxylic acids is 1. The maximum Gasteiger partial charge on any atom is 0.315 e. The maximum atomic E-state index is 13.4. The summed E-state index contributed by atoms with van der Waals surface area (Å²) < 4.78 is 42.7. The molecule has 8 heteroatoms. The Balaban J connectivity index is 1.81. The largest absolute Gasteiger partial charge is 0.465 e. The van der Waals surface area contributed by atoms with Crippen LogP contribution in [0.3, 0.4) is 0 Å². The SMILES string of the molecule is CCOC(=O)[C@@]1(CN)[C@@H](c2ccc3c(c2)OCO3)[C@@H]1S(=O)(=O)c1ccccc1. The van der Waals surface area contributed by atoms with Crippen molar-refractivity contribution in [2.75, 3.05) is 19.9 Å². The monoisotopic (exact) mass is 403 g/mol. The molecule has 0 spiro atoms. The van der Waals surface area contributed by atoms with Gasteiger partial charge >= 0.3 is 5.97 Å². The van der Waals surface area contributed by atoms with Crippen LogP contribution in [0.1, 0.15) is 18.4 Å². The number of hydrogen-bond donors (Lipinski definition) is 1. The quantitative estimate of drug-likeness (QED) is 0.734. The number of nitrogens with two attached hydrogens (primary N) is 1. The minimum absolute atomic E-state index is 0.106. The molecule has 0 saturated heterocycles. The summed E-state index contributed by atoms with van der Waals surface area (Å²) in [5.41, 5.74) is 5.31. The molecule has 0 unspecified atom stereocenters. The first-order valence-electron chi connectivity index (χ1n) is 9.02. The fraction of sp³-hybridized carbons (Fsp3) is 0.350. The molecule has 1 saturated carbocycles. The van der Waals surface area contributed by atoms with Gasteiger partial charge in [-0.15, -0.1) is 0 Å². The molecule has 2 aliphatic rings. The smallest absolute Gasteiger partial charge is 0.315 e. The van der Waals surface area contributed by atoms with Crippen LogP contribution in [0.15, 0.2) is 53.4 Å². The second-order valence-corrected chi connectivity index (χ2v) is 8.90. The zero-order valence-corrected chi connectivity index (χ0v) is 16.1. The maximum absolute atomic E-state index is 13.4. The van der Waals surface area contributed by atoms with Crippen LogP contribution < -0.4 is 15.2 Å². The Hall–Kier alpha value is -2.58. The average Bonchev–Trinajstić information content (AvgIpc) is 3.21. The number of ether oxygens (including phenoxy) is 3. The zero-order valence-electron chi connectivity index (χ0n) is 15.3. The molecule has 0 bridgehead atoms. The van der Waals surface area contributed by atoms with E-state index in [1.165, 1.54) is 12.1 Å². The van der Waals surface area contributed by atoms with E-state index in [0.717, 1.165) is 0 Å². The van der Waals surface area contributed by atoms with Gasteiger partial charge in [-0.05, 0) is 36.8 Å². The second kappa shape index (κ2) is 6.79. The summed E-state index contributed by atoms with van der Waals surface area (Å²) in [6.45, 7) is 1.80. The highest BCUT2D eigenvalue weighted by molar-refractivity contribution is 7.92. The Kier molecular flexibility index (Phi) is 4.55. The summed E-state index contributed by atoms with van der Waals surface area (Å²) >= 11 is 0. The van der Waals surface area contributed by atoms with E-state index in [-0.39, 0.29) is 24.8 Å². The fourth-order valence-corrected chi connectivity index (χ4v) is 6.43. The first-order valence-corrected chi connectivity index (χ1v) is 10.6. The normalized spacial score (nSPS) is 25.4. The molecule has 1 aliphatic carbocycles. The minimum atomic E-state index is -3.81. The van der Waals surface area contributed by atoms with Gasteiger partial charge in [-0.3, -0.25) is 4.79 Å². The lowest BCUT2D eigenvalue weighted by Gasteiger charge is -2.14. The van der Waals surface area contributed by atoms with Gasteiger partial charge in [0.05, 0.1) is 16.8 Å². The molecular weight excluding hydrogens is 382 g/mol. The van der Waals surface area contributed by atoms with Crippen LogP contribution in [0.5, 0.6) is 11.5 Å². The van der Waals surface area contributed by atoms with Gasteiger partial charge in [0, 0.05) is 12.5 Å². The lowest BCUT2D eigenvalue weighted by Crippen LogP contribution is -2.33. The van der Waals surface area contributed by atoms with Crippen molar-refractivity contribution in [2.24, 2.45) is 11.1 Å². The van der Waals surface area contributed by atoms with Crippen molar-refractivity contribution in [3.63, 3.8) is 0 Å². The van der Waals surface area contributed by atoms with Crippen molar-refractivity contribution in [3.05, 3.63) is 54.1 Å². The number of sulfone groups is 1. The Morgan fingerprint density at radius 1 is 1.18 bits per heavy atom. The van der Waals surface area contributed by atoms with Crippen molar-refractivity contribution in [1.29, 1.82) is 0 Å². The molecule has 3 atom stereocenters. The molecule has 2 aromatic rings. The van der Waals surface area contributed by atoms with Crippen molar-refractivity contribution in [3.8, 4) is 11.5 Å². The predicted molar refractivity (Wildman–Crippen MR) is 101 cm³/mol. The summed E-state index contributed by atoms with van der Waals surface area (Å²) in [6, 6.07) is 13.3. The lowest BCUT2D eigenvalue weighted by atomic mass is 9.99. The standard InChI is InChI=1S/C20H21NO6S/c1-2-25-19(22)20(11-21)17(13-8-9-15-16(10-13)27-12-26-15)18(20)28(23,24)14-6-4-3-5-7-14/h3-10,17-18H,2,11-12,21H2,1H3/t17-,18-,20-/m0/s1. The third-order valence-corrected chi connectivity index (χ3v) is 7.70. The molecule has 1 aliphatic heterocycles. The van der Waals surface area contributed by atoms with Gasteiger partial charge in [0.15, 0.2) is 21.3 Å². The van der Waals surface area contributed by atoms with E-state index in [2.05, 4.69) is 0 Å². The van der Waals surface area contributed by atoms with Gasteiger partial charge in [0.2, 0.25) is 6.79 Å². The fourth-order valence-electron chi connectivity index (χ4n) is 4.03. The number of fused-ring (bicyclic) bond motifs is 1. The lowest BCUT2D eigenvalue weighted by molar-refractivity contribution is -0.149. The van der Waals surface area contributed by atoms with Crippen molar-refractivity contribution in [1.82, 2.24) is 0 Å². The summed E-state index contributed by atoms with van der Waals surface area (Å²) in [6.07, 6.45) is 0. The van der Waals surface area contributed by atoms with E-state index in [4.69, 9.17) is 19.9 Å². The van der Waals surface area contributed by atoms with Gasteiger partial charge in [-0.25, -0.2) is 8.42 Å². The van der Waals surface area contributed by atoms with Gasteiger partial charge in [0.25, 0.3) is 0 Å². The molecule has 2 aromatic carbocycles. The van der Waals surface area contributed by atoms with E-state index < -0.39 is 32.4 Å². The summed E-state index contributed by atoms with van der Waals surface area (Å²) in [5, 5.41) is -1.01. The van der Waals surface area contributed by atoms with Crippen LogP contribution in [0.25, 0.3) is 0 Å². The first kappa shape index (κ1) is 18.8. The second-order valence-electron chi connectivity index (χ2n) is 6.83. The molecule has 0 amide bonds. The number of hydrogen-bond acceptors (Lipinski definition) is 7. The van der Waals surface area contributed by atoms with E-state index in [1.54, 1.807) is 43.3 Å². The van der Waals surface area contributed by atoms with Crippen LogP contribution in [0, 0.1) is 5.41 Å². The van der Waals surface area contributed by atoms with E-state index in [1.807, 2.05) is 0 Å². The number of esters is 1. The average molecular weight is 403 g/mol. The van der Waals surface area contributed by atoms with Gasteiger partial charge < -0.3 is 19.9 Å². The van der Waals surface area contributed by atoms with Crippen LogP contribution >= 0.6 is 0 Å². The van der Waals surface area contributed by atoms with Crippen LogP contribution in [0.4, 0.5) is 0 Å². The molecule has 4 rings (SSSR count). The van der Waals surface area contributed by atoms with Crippen molar-refractivity contribution >= 4 is 15.8 Å². The number of carbonyl (C=O) groups is 1. The van der Waals surface area contributed by atoms with E-state index in [9.17, 15) is 13.2 Å². The Morgan fingerprint density at radius 2 is 1.89 bits per heavy atom. The Morgan fingerprint density at radius 3 is 2.57 bits per heavy atom. The molecule has 1 fully saturated rings. The third kappa shape index (κ3) is 2.67.